The van der Waals surface area contributed by atoms with Crippen LogP contribution in [0.1, 0.15) is 67.2 Å². The van der Waals surface area contributed by atoms with Crippen LogP contribution >= 0.6 is 0 Å². The van der Waals surface area contributed by atoms with Crippen LogP contribution in [0.2, 0.25) is 0 Å². The number of benzene rings is 3. The summed E-state index contributed by atoms with van der Waals surface area (Å²) in [4.78, 5) is 0. The monoisotopic (exact) mass is 386 g/mol. The maximum absolute atomic E-state index is 14.8. The van der Waals surface area contributed by atoms with Crippen LogP contribution in [-0.4, -0.2) is 0 Å². The summed E-state index contributed by atoms with van der Waals surface area (Å²) >= 11 is 0. The first kappa shape index (κ1) is 19.9. The predicted molar refractivity (Wildman–Crippen MR) is 121 cm³/mol. The number of halogens is 1. The summed E-state index contributed by atoms with van der Waals surface area (Å²) in [6.45, 7) is 2.18. The maximum atomic E-state index is 14.8. The van der Waals surface area contributed by atoms with E-state index >= 15 is 0 Å². The van der Waals surface area contributed by atoms with Crippen LogP contribution in [0, 0.1) is 5.82 Å². The zero-order chi connectivity index (χ0) is 20.1. The molecule has 1 aliphatic carbocycles. The molecule has 150 valence electrons. The highest BCUT2D eigenvalue weighted by molar-refractivity contribution is 5.65. The molecule has 1 heteroatoms. The number of aryl methyl sites for hydroxylation is 3. The molecule has 0 N–H and O–H groups in total. The summed E-state index contributed by atoms with van der Waals surface area (Å²) in [5.74, 6) is 0.456. The Labute approximate surface area is 174 Å². The fourth-order valence-electron chi connectivity index (χ4n) is 4.54. The molecule has 3 aromatic rings. The van der Waals surface area contributed by atoms with Gasteiger partial charge in [-0.2, -0.15) is 0 Å². The first-order valence-corrected chi connectivity index (χ1v) is 11.2. The van der Waals surface area contributed by atoms with Crippen molar-refractivity contribution in [3.05, 3.63) is 94.8 Å². The molecule has 0 aliphatic heterocycles. The number of rotatable bonds is 6. The average Bonchev–Trinajstić information content (AvgIpc) is 2.79. The van der Waals surface area contributed by atoms with Gasteiger partial charge in [0.25, 0.3) is 0 Å². The Morgan fingerprint density at radius 1 is 0.724 bits per heavy atom. The van der Waals surface area contributed by atoms with E-state index in [0.717, 1.165) is 24.8 Å². The molecule has 0 heterocycles. The largest absolute Gasteiger partial charge is 0.206 e. The van der Waals surface area contributed by atoms with E-state index in [1.54, 1.807) is 6.07 Å². The molecular weight excluding hydrogens is 355 g/mol. The van der Waals surface area contributed by atoms with E-state index in [1.807, 2.05) is 6.07 Å². The van der Waals surface area contributed by atoms with Gasteiger partial charge >= 0.3 is 0 Å². The van der Waals surface area contributed by atoms with Crippen molar-refractivity contribution in [3.63, 3.8) is 0 Å². The molecule has 0 bridgehead atoms. The van der Waals surface area contributed by atoms with Crippen molar-refractivity contribution in [3.8, 4) is 11.1 Å². The summed E-state index contributed by atoms with van der Waals surface area (Å²) < 4.78 is 14.8. The first-order valence-electron chi connectivity index (χ1n) is 11.2. The second-order valence-electron chi connectivity index (χ2n) is 8.44. The summed E-state index contributed by atoms with van der Waals surface area (Å²) in [7, 11) is 0. The van der Waals surface area contributed by atoms with Gasteiger partial charge in [0.05, 0.1) is 0 Å². The Morgan fingerprint density at radius 2 is 1.31 bits per heavy atom. The Hall–Kier alpha value is -2.41. The molecule has 0 atom stereocenters. The molecule has 0 radical (unpaired) electrons. The normalized spacial score (nSPS) is 14.8. The molecular formula is C28H31F. The lowest BCUT2D eigenvalue weighted by Gasteiger charge is -2.22. The quantitative estimate of drug-likeness (QED) is 0.404. The number of hydrogen-bond acceptors (Lipinski definition) is 0. The SMILES string of the molecule is CCc1ccc(CCc2ccc(-c3ccc(C4CCCCC4)cc3F)cc2)cc1. The van der Waals surface area contributed by atoms with E-state index in [0.29, 0.717) is 11.5 Å². The van der Waals surface area contributed by atoms with Crippen LogP contribution in [0.5, 0.6) is 0 Å². The Bertz CT molecular complexity index is 916. The van der Waals surface area contributed by atoms with Gasteiger partial charge in [0.15, 0.2) is 0 Å². The highest BCUT2D eigenvalue weighted by atomic mass is 19.1. The molecule has 4 rings (SSSR count). The molecule has 0 unspecified atom stereocenters. The second-order valence-corrected chi connectivity index (χ2v) is 8.44. The molecule has 1 fully saturated rings. The maximum Gasteiger partial charge on any atom is 0.131 e. The van der Waals surface area contributed by atoms with Crippen molar-refractivity contribution >= 4 is 0 Å². The van der Waals surface area contributed by atoms with Gasteiger partial charge in [-0.1, -0.05) is 86.8 Å². The van der Waals surface area contributed by atoms with Gasteiger partial charge in [0, 0.05) is 5.56 Å². The van der Waals surface area contributed by atoms with Crippen LogP contribution < -0.4 is 0 Å². The summed E-state index contributed by atoms with van der Waals surface area (Å²) in [5.41, 5.74) is 6.91. The van der Waals surface area contributed by atoms with Gasteiger partial charge in [-0.15, -0.1) is 0 Å². The Kier molecular flexibility index (Phi) is 6.44. The van der Waals surface area contributed by atoms with E-state index < -0.39 is 0 Å². The third-order valence-corrected chi connectivity index (χ3v) is 6.47. The summed E-state index contributed by atoms with van der Waals surface area (Å²) in [6.07, 6.45) is 9.41. The van der Waals surface area contributed by atoms with Crippen LogP contribution in [0.15, 0.2) is 66.7 Å². The van der Waals surface area contributed by atoms with Gasteiger partial charge in [-0.25, -0.2) is 4.39 Å². The fourth-order valence-corrected chi connectivity index (χ4v) is 4.54. The van der Waals surface area contributed by atoms with Gasteiger partial charge < -0.3 is 0 Å². The molecule has 0 aromatic heterocycles. The van der Waals surface area contributed by atoms with E-state index in [-0.39, 0.29) is 5.82 Å². The van der Waals surface area contributed by atoms with E-state index in [9.17, 15) is 4.39 Å². The summed E-state index contributed by atoms with van der Waals surface area (Å²) in [6, 6.07) is 23.2. The third-order valence-electron chi connectivity index (χ3n) is 6.47. The van der Waals surface area contributed by atoms with Crippen molar-refractivity contribution < 1.29 is 4.39 Å². The zero-order valence-corrected chi connectivity index (χ0v) is 17.5. The smallest absolute Gasteiger partial charge is 0.131 e. The molecule has 3 aromatic carbocycles. The summed E-state index contributed by atoms with van der Waals surface area (Å²) in [5, 5.41) is 0. The van der Waals surface area contributed by atoms with Gasteiger partial charge in [-0.05, 0) is 71.9 Å². The van der Waals surface area contributed by atoms with Crippen molar-refractivity contribution in [2.24, 2.45) is 0 Å². The van der Waals surface area contributed by atoms with Crippen LogP contribution in [-0.2, 0) is 19.3 Å². The van der Waals surface area contributed by atoms with Crippen LogP contribution in [0.4, 0.5) is 4.39 Å². The lowest BCUT2D eigenvalue weighted by atomic mass is 9.83. The molecule has 0 saturated heterocycles. The molecule has 0 amide bonds. The Morgan fingerprint density at radius 3 is 1.90 bits per heavy atom. The van der Waals surface area contributed by atoms with E-state index in [1.165, 1.54) is 54.4 Å². The highest BCUT2D eigenvalue weighted by Crippen LogP contribution is 2.34. The van der Waals surface area contributed by atoms with E-state index in [4.69, 9.17) is 0 Å². The van der Waals surface area contributed by atoms with Gasteiger partial charge in [-0.3, -0.25) is 0 Å². The molecule has 0 nitrogen and oxygen atoms in total. The van der Waals surface area contributed by atoms with Crippen molar-refractivity contribution in [1.29, 1.82) is 0 Å². The zero-order valence-electron chi connectivity index (χ0n) is 17.5. The minimum Gasteiger partial charge on any atom is -0.206 e. The minimum absolute atomic E-state index is 0.0863. The third kappa shape index (κ3) is 4.96. The average molecular weight is 387 g/mol. The highest BCUT2D eigenvalue weighted by Gasteiger charge is 2.17. The lowest BCUT2D eigenvalue weighted by Crippen LogP contribution is -2.05. The lowest BCUT2D eigenvalue weighted by molar-refractivity contribution is 0.442. The topological polar surface area (TPSA) is 0 Å². The predicted octanol–water partition coefficient (Wildman–Crippen LogP) is 7.89. The van der Waals surface area contributed by atoms with Gasteiger partial charge in [0.2, 0.25) is 0 Å². The van der Waals surface area contributed by atoms with Crippen LogP contribution in [0.25, 0.3) is 11.1 Å². The molecule has 0 spiro atoms. The van der Waals surface area contributed by atoms with Crippen molar-refractivity contribution in [2.75, 3.05) is 0 Å². The fraction of sp³-hybridized carbons (Fsp3) is 0.357. The molecule has 1 aliphatic rings. The number of hydrogen-bond donors (Lipinski definition) is 0. The van der Waals surface area contributed by atoms with Crippen LogP contribution in [0.3, 0.4) is 0 Å². The van der Waals surface area contributed by atoms with Gasteiger partial charge in [0.1, 0.15) is 5.82 Å². The standard InChI is InChI=1S/C28H31F/c1-2-21-8-10-22(11-9-21)12-13-23-14-16-25(17-15-23)27-19-18-26(20-28(27)29)24-6-4-3-5-7-24/h8-11,14-20,24H,2-7,12-13H2,1H3. The second kappa shape index (κ2) is 9.39. The molecule has 1 saturated carbocycles. The first-order chi connectivity index (χ1) is 14.2. The van der Waals surface area contributed by atoms with Crippen molar-refractivity contribution in [2.45, 2.75) is 64.2 Å². The van der Waals surface area contributed by atoms with Crippen molar-refractivity contribution in [1.82, 2.24) is 0 Å². The molecule has 29 heavy (non-hydrogen) atoms. The Balaban J connectivity index is 1.41. The minimum atomic E-state index is -0.0863. The van der Waals surface area contributed by atoms with E-state index in [2.05, 4.69) is 61.5 Å².